The van der Waals surface area contributed by atoms with Gasteiger partial charge in [0.05, 0.1) is 5.69 Å². The van der Waals surface area contributed by atoms with Crippen LogP contribution in [0.25, 0.3) is 0 Å². The van der Waals surface area contributed by atoms with Crippen LogP contribution in [0.4, 0.5) is 11.5 Å². The lowest BCUT2D eigenvalue weighted by atomic mass is 9.99. The van der Waals surface area contributed by atoms with E-state index in [1.165, 1.54) is 6.21 Å². The molecule has 0 radical (unpaired) electrons. The maximum atomic E-state index is 12.1. The van der Waals surface area contributed by atoms with Crippen molar-refractivity contribution in [2.45, 2.75) is 12.8 Å². The van der Waals surface area contributed by atoms with Crippen LogP contribution in [0.3, 0.4) is 0 Å². The molecule has 2 aliphatic heterocycles. The summed E-state index contributed by atoms with van der Waals surface area (Å²) in [7, 11) is 0. The lowest BCUT2D eigenvalue weighted by molar-refractivity contribution is -0.137. The van der Waals surface area contributed by atoms with Crippen molar-refractivity contribution in [1.82, 2.24) is 4.98 Å². The van der Waals surface area contributed by atoms with Gasteiger partial charge in [-0.2, -0.15) is 0 Å². The average molecular weight is 259 g/mol. The number of fused-ring (bicyclic) bond motifs is 1. The van der Waals surface area contributed by atoms with Gasteiger partial charge in [0.25, 0.3) is 0 Å². The van der Waals surface area contributed by atoms with Crippen LogP contribution in [0.5, 0.6) is 0 Å². The average Bonchev–Trinajstić information content (AvgIpc) is 2.92. The Hall–Kier alpha value is -2.24. The highest BCUT2D eigenvalue weighted by atomic mass is 16.4. The smallest absolute Gasteiger partial charge is 0.320 e. The van der Waals surface area contributed by atoms with Gasteiger partial charge in [-0.05, 0) is 25.0 Å². The lowest BCUT2D eigenvalue weighted by Crippen LogP contribution is -2.29. The predicted octanol–water partition coefficient (Wildman–Crippen LogP) is 1.28. The topological polar surface area (TPSA) is 82.9 Å². The van der Waals surface area contributed by atoms with Crippen molar-refractivity contribution in [2.24, 2.45) is 10.9 Å². The van der Waals surface area contributed by atoms with Gasteiger partial charge in [-0.15, -0.1) is 0 Å². The number of ketones is 1. The molecule has 1 fully saturated rings. The summed E-state index contributed by atoms with van der Waals surface area (Å²) in [5, 5.41) is 8.96. The molecule has 3 rings (SSSR count). The Labute approximate surface area is 109 Å². The number of nitrogens with zero attached hydrogens (tertiary/aromatic N) is 3. The molecule has 6 heteroatoms. The summed E-state index contributed by atoms with van der Waals surface area (Å²) in [4.78, 5) is 33.5. The first-order valence-electron chi connectivity index (χ1n) is 6.24. The SMILES string of the molecule is O=C(O)C1C=Nc2ccc(N3CCCC3)nc2C1=O. The molecule has 1 aromatic heterocycles. The van der Waals surface area contributed by atoms with Crippen LogP contribution in [-0.4, -0.2) is 41.1 Å². The van der Waals surface area contributed by atoms with E-state index in [0.29, 0.717) is 5.69 Å². The standard InChI is InChI=1S/C13H13N3O3/c17-12-8(13(18)19)7-14-9-3-4-10(15-11(9)12)16-5-1-2-6-16/h3-4,7-8H,1-2,5-6H2,(H,18,19). The monoisotopic (exact) mass is 259 g/mol. The number of Topliss-reactive ketones (excluding diaryl/α,β-unsaturated/α-hetero) is 1. The molecule has 1 saturated heterocycles. The van der Waals surface area contributed by atoms with Gasteiger partial charge in [-0.1, -0.05) is 0 Å². The molecule has 0 aliphatic carbocycles. The summed E-state index contributed by atoms with van der Waals surface area (Å²) in [5.74, 6) is -2.16. The second kappa shape index (κ2) is 4.46. The van der Waals surface area contributed by atoms with Crippen molar-refractivity contribution in [1.29, 1.82) is 0 Å². The number of aliphatic imine (C=N–C) groups is 1. The summed E-state index contributed by atoms with van der Waals surface area (Å²) >= 11 is 0. The van der Waals surface area contributed by atoms with Crippen LogP contribution in [0, 0.1) is 5.92 Å². The third-order valence-electron chi connectivity index (χ3n) is 3.43. The molecular weight excluding hydrogens is 246 g/mol. The second-order valence-corrected chi connectivity index (χ2v) is 4.69. The Morgan fingerprint density at radius 1 is 1.32 bits per heavy atom. The van der Waals surface area contributed by atoms with E-state index in [-0.39, 0.29) is 5.69 Å². The summed E-state index contributed by atoms with van der Waals surface area (Å²) in [6, 6.07) is 3.55. The van der Waals surface area contributed by atoms with Gasteiger partial charge in [0.15, 0.2) is 5.92 Å². The Bertz CT molecular complexity index is 576. The van der Waals surface area contributed by atoms with Crippen molar-refractivity contribution < 1.29 is 14.7 Å². The van der Waals surface area contributed by atoms with E-state index in [2.05, 4.69) is 14.9 Å². The third-order valence-corrected chi connectivity index (χ3v) is 3.43. The molecule has 1 atom stereocenters. The van der Waals surface area contributed by atoms with Crippen LogP contribution in [0.15, 0.2) is 17.1 Å². The van der Waals surface area contributed by atoms with E-state index in [0.717, 1.165) is 31.7 Å². The molecule has 1 aromatic rings. The number of carbonyl (C=O) groups is 2. The number of anilines is 1. The molecule has 6 nitrogen and oxygen atoms in total. The Morgan fingerprint density at radius 3 is 2.74 bits per heavy atom. The van der Waals surface area contributed by atoms with Crippen LogP contribution >= 0.6 is 0 Å². The maximum absolute atomic E-state index is 12.1. The normalized spacial score (nSPS) is 21.6. The minimum atomic E-state index is -1.21. The summed E-state index contributed by atoms with van der Waals surface area (Å²) in [6.45, 7) is 1.84. The first kappa shape index (κ1) is 11.8. The highest BCUT2D eigenvalue weighted by Gasteiger charge is 2.32. The Morgan fingerprint density at radius 2 is 2.05 bits per heavy atom. The van der Waals surface area contributed by atoms with E-state index in [4.69, 9.17) is 5.11 Å². The van der Waals surface area contributed by atoms with Crippen molar-refractivity contribution >= 4 is 29.5 Å². The van der Waals surface area contributed by atoms with E-state index >= 15 is 0 Å². The molecule has 19 heavy (non-hydrogen) atoms. The second-order valence-electron chi connectivity index (χ2n) is 4.69. The van der Waals surface area contributed by atoms with Crippen molar-refractivity contribution in [2.75, 3.05) is 18.0 Å². The van der Waals surface area contributed by atoms with Gasteiger partial charge < -0.3 is 10.0 Å². The number of carboxylic acids is 1. The zero-order chi connectivity index (χ0) is 13.4. The molecule has 3 heterocycles. The molecule has 2 aliphatic rings. The first-order chi connectivity index (χ1) is 9.16. The number of pyridine rings is 1. The molecule has 98 valence electrons. The minimum absolute atomic E-state index is 0.166. The van der Waals surface area contributed by atoms with E-state index in [1.807, 2.05) is 6.07 Å². The number of carbonyl (C=O) groups excluding carboxylic acids is 1. The van der Waals surface area contributed by atoms with Gasteiger partial charge in [0.1, 0.15) is 11.5 Å². The molecule has 0 aromatic carbocycles. The summed E-state index contributed by atoms with van der Waals surface area (Å²) in [5.41, 5.74) is 0.616. The quantitative estimate of drug-likeness (QED) is 0.809. The van der Waals surface area contributed by atoms with Crippen LogP contribution in [0.2, 0.25) is 0 Å². The van der Waals surface area contributed by atoms with Crippen molar-refractivity contribution in [3.63, 3.8) is 0 Å². The number of aromatic nitrogens is 1. The fraction of sp³-hybridized carbons (Fsp3) is 0.385. The number of rotatable bonds is 2. The summed E-state index contributed by atoms with van der Waals surface area (Å²) in [6.07, 6.45) is 3.40. The van der Waals surface area contributed by atoms with Crippen molar-refractivity contribution in [3.8, 4) is 0 Å². The van der Waals surface area contributed by atoms with Gasteiger partial charge in [-0.25, -0.2) is 4.98 Å². The van der Waals surface area contributed by atoms with Crippen LogP contribution in [-0.2, 0) is 4.79 Å². The highest BCUT2D eigenvalue weighted by molar-refractivity contribution is 6.21. The highest BCUT2D eigenvalue weighted by Crippen LogP contribution is 2.28. The number of aliphatic carboxylic acids is 1. The minimum Gasteiger partial charge on any atom is -0.480 e. The zero-order valence-corrected chi connectivity index (χ0v) is 10.2. The summed E-state index contributed by atoms with van der Waals surface area (Å²) < 4.78 is 0. The molecular formula is C13H13N3O3. The van der Waals surface area contributed by atoms with Gasteiger partial charge in [0, 0.05) is 19.3 Å². The largest absolute Gasteiger partial charge is 0.480 e. The lowest BCUT2D eigenvalue weighted by Gasteiger charge is -2.19. The zero-order valence-electron chi connectivity index (χ0n) is 10.2. The Balaban J connectivity index is 1.98. The fourth-order valence-electron chi connectivity index (χ4n) is 2.40. The Kier molecular flexibility index (Phi) is 2.77. The molecule has 0 bridgehead atoms. The number of hydrogen-bond acceptors (Lipinski definition) is 5. The maximum Gasteiger partial charge on any atom is 0.320 e. The number of carboxylic acid groups (broad SMARTS) is 1. The van der Waals surface area contributed by atoms with Crippen molar-refractivity contribution in [3.05, 3.63) is 17.8 Å². The van der Waals surface area contributed by atoms with E-state index in [1.54, 1.807) is 6.07 Å². The van der Waals surface area contributed by atoms with Crippen LogP contribution < -0.4 is 4.90 Å². The predicted molar refractivity (Wildman–Crippen MR) is 69.3 cm³/mol. The first-order valence-corrected chi connectivity index (χ1v) is 6.24. The van der Waals surface area contributed by atoms with Gasteiger partial charge in [-0.3, -0.25) is 14.6 Å². The van der Waals surface area contributed by atoms with Crippen LogP contribution in [0.1, 0.15) is 23.3 Å². The molecule has 0 saturated carbocycles. The number of hydrogen-bond donors (Lipinski definition) is 1. The third kappa shape index (κ3) is 1.99. The van der Waals surface area contributed by atoms with E-state index < -0.39 is 17.7 Å². The molecule has 1 N–H and O–H groups in total. The fourth-order valence-corrected chi connectivity index (χ4v) is 2.40. The molecule has 0 amide bonds. The van der Waals surface area contributed by atoms with Gasteiger partial charge in [0.2, 0.25) is 5.78 Å². The molecule has 1 unspecified atom stereocenters. The van der Waals surface area contributed by atoms with Gasteiger partial charge >= 0.3 is 5.97 Å². The molecule has 0 spiro atoms. The van der Waals surface area contributed by atoms with E-state index in [9.17, 15) is 9.59 Å².